The number of fused-ring (bicyclic) bond motifs is 1. The maximum Gasteiger partial charge on any atom is 0.268 e. The van der Waals surface area contributed by atoms with Gasteiger partial charge in [-0.15, -0.1) is 0 Å². The predicted molar refractivity (Wildman–Crippen MR) is 130 cm³/mol. The van der Waals surface area contributed by atoms with Crippen LogP contribution in [0, 0.1) is 12.3 Å². The van der Waals surface area contributed by atoms with Crippen LogP contribution < -0.4 is 10.6 Å². The number of H-pyrrole nitrogens is 1. The van der Waals surface area contributed by atoms with E-state index in [2.05, 4.69) is 36.4 Å². The molecule has 0 unspecified atom stereocenters. The predicted octanol–water partition coefficient (Wildman–Crippen LogP) is 5.03. The van der Waals surface area contributed by atoms with Gasteiger partial charge in [-0.2, -0.15) is 0 Å². The quantitative estimate of drug-likeness (QED) is 0.499. The largest absolute Gasteiger partial charge is 0.354 e. The van der Waals surface area contributed by atoms with E-state index >= 15 is 0 Å². The van der Waals surface area contributed by atoms with Crippen molar-refractivity contribution in [1.82, 2.24) is 15.6 Å². The van der Waals surface area contributed by atoms with Crippen LogP contribution >= 0.6 is 0 Å². The molecule has 2 aromatic rings. The minimum atomic E-state index is -0.637. The number of aromatic amines is 1. The number of hydrogen-bond acceptors (Lipinski definition) is 3. The van der Waals surface area contributed by atoms with Crippen molar-refractivity contribution >= 4 is 17.6 Å². The van der Waals surface area contributed by atoms with Gasteiger partial charge in [0.05, 0.1) is 6.04 Å². The molecule has 6 heteroatoms. The maximum absolute atomic E-state index is 13.2. The summed E-state index contributed by atoms with van der Waals surface area (Å²) in [6.45, 7) is 10.0. The number of carbonyl (C=O) groups excluding carboxylic acids is 3. The summed E-state index contributed by atoms with van der Waals surface area (Å²) in [7, 11) is 0. The topological polar surface area (TPSA) is 91.1 Å². The molecule has 0 radical (unpaired) electrons. The Kier molecular flexibility index (Phi) is 7.77. The lowest BCUT2D eigenvalue weighted by molar-refractivity contribution is -0.124. The standard InChI is InChI=1S/C27H37N3O3/c1-6-8-14-20(25(32)29-19(7-2)18-12-10-9-11-13-18)30-26(33)24-17(3)23-21(28-24)15-27(4,5)16-22(23)31/h9-13,19-20,28H,6-8,14-16H2,1-5H3,(H,29,32)(H,30,33)/t19-,20-/m0/s1. The Hall–Kier alpha value is -2.89. The van der Waals surface area contributed by atoms with E-state index in [1.165, 1.54) is 0 Å². The van der Waals surface area contributed by atoms with Crippen LogP contribution in [0.5, 0.6) is 0 Å². The Morgan fingerprint density at radius 3 is 2.42 bits per heavy atom. The lowest BCUT2D eigenvalue weighted by Crippen LogP contribution is -2.47. The van der Waals surface area contributed by atoms with Crippen LogP contribution in [0.1, 0.15) is 104 Å². The van der Waals surface area contributed by atoms with Gasteiger partial charge in [-0.1, -0.05) is 70.9 Å². The minimum Gasteiger partial charge on any atom is -0.354 e. The second-order valence-corrected chi connectivity index (χ2v) is 9.97. The number of aromatic nitrogens is 1. The number of benzene rings is 1. The van der Waals surface area contributed by atoms with Crippen molar-refractivity contribution < 1.29 is 14.4 Å². The Bertz CT molecular complexity index is 1010. The van der Waals surface area contributed by atoms with Crippen molar-refractivity contribution in [2.45, 2.75) is 85.2 Å². The van der Waals surface area contributed by atoms with Crippen LogP contribution in [0.3, 0.4) is 0 Å². The van der Waals surface area contributed by atoms with Gasteiger partial charge in [0.15, 0.2) is 5.78 Å². The first-order valence-electron chi connectivity index (χ1n) is 12.1. The van der Waals surface area contributed by atoms with Crippen LogP contribution in [0.15, 0.2) is 30.3 Å². The molecule has 1 aliphatic carbocycles. The average Bonchev–Trinajstić information content (AvgIpc) is 3.10. The van der Waals surface area contributed by atoms with E-state index in [0.717, 1.165) is 36.9 Å². The molecular weight excluding hydrogens is 414 g/mol. The molecule has 0 saturated carbocycles. The van der Waals surface area contributed by atoms with Gasteiger partial charge >= 0.3 is 0 Å². The summed E-state index contributed by atoms with van der Waals surface area (Å²) in [5.41, 5.74) is 3.44. The molecule has 1 aliphatic rings. The number of nitrogens with one attached hydrogen (secondary N) is 3. The number of ketones is 1. The molecule has 2 amide bonds. The number of hydrogen-bond donors (Lipinski definition) is 3. The van der Waals surface area contributed by atoms with Crippen molar-refractivity contribution in [1.29, 1.82) is 0 Å². The fourth-order valence-corrected chi connectivity index (χ4v) is 4.75. The number of amides is 2. The van der Waals surface area contributed by atoms with Crippen molar-refractivity contribution in [3.8, 4) is 0 Å². The molecule has 0 bridgehead atoms. The Balaban J connectivity index is 1.78. The second-order valence-electron chi connectivity index (χ2n) is 9.97. The zero-order valence-electron chi connectivity index (χ0n) is 20.5. The van der Waals surface area contributed by atoms with E-state index in [4.69, 9.17) is 0 Å². The van der Waals surface area contributed by atoms with Crippen LogP contribution in [-0.2, 0) is 11.2 Å². The highest BCUT2D eigenvalue weighted by atomic mass is 16.2. The normalized spacial score (nSPS) is 16.6. The number of carbonyl (C=O) groups is 3. The summed E-state index contributed by atoms with van der Waals surface area (Å²) >= 11 is 0. The number of Topliss-reactive ketones (excluding diaryl/α,β-unsaturated/α-hetero) is 1. The molecule has 0 saturated heterocycles. The Morgan fingerprint density at radius 2 is 1.79 bits per heavy atom. The van der Waals surface area contributed by atoms with Gasteiger partial charge in [0.2, 0.25) is 5.91 Å². The van der Waals surface area contributed by atoms with Crippen molar-refractivity contribution in [3.63, 3.8) is 0 Å². The van der Waals surface area contributed by atoms with Crippen LogP contribution in [0.25, 0.3) is 0 Å². The van der Waals surface area contributed by atoms with Crippen LogP contribution in [0.2, 0.25) is 0 Å². The highest BCUT2D eigenvalue weighted by Crippen LogP contribution is 2.36. The van der Waals surface area contributed by atoms with E-state index in [1.54, 1.807) is 0 Å². The first-order chi connectivity index (χ1) is 15.7. The number of unbranched alkanes of at least 4 members (excludes halogenated alkanes) is 1. The van der Waals surface area contributed by atoms with E-state index in [0.29, 0.717) is 29.7 Å². The summed E-state index contributed by atoms with van der Waals surface area (Å²) in [6, 6.07) is 9.12. The van der Waals surface area contributed by atoms with E-state index in [-0.39, 0.29) is 29.1 Å². The van der Waals surface area contributed by atoms with E-state index in [9.17, 15) is 14.4 Å². The second kappa shape index (κ2) is 10.4. The zero-order valence-corrected chi connectivity index (χ0v) is 20.5. The molecule has 6 nitrogen and oxygen atoms in total. The van der Waals surface area contributed by atoms with Crippen LogP contribution in [-0.4, -0.2) is 28.6 Å². The first-order valence-corrected chi connectivity index (χ1v) is 12.1. The minimum absolute atomic E-state index is 0.0722. The molecule has 33 heavy (non-hydrogen) atoms. The van der Waals surface area contributed by atoms with Gasteiger partial charge < -0.3 is 15.6 Å². The Morgan fingerprint density at radius 1 is 1.09 bits per heavy atom. The molecule has 0 spiro atoms. The van der Waals surface area contributed by atoms with Crippen molar-refractivity contribution in [2.75, 3.05) is 0 Å². The van der Waals surface area contributed by atoms with Gasteiger partial charge in [-0.05, 0) is 42.7 Å². The smallest absolute Gasteiger partial charge is 0.268 e. The molecule has 1 heterocycles. The highest BCUT2D eigenvalue weighted by Gasteiger charge is 2.35. The van der Waals surface area contributed by atoms with Crippen molar-refractivity contribution in [3.05, 3.63) is 58.4 Å². The van der Waals surface area contributed by atoms with Gasteiger partial charge in [-0.3, -0.25) is 14.4 Å². The lowest BCUT2D eigenvalue weighted by atomic mass is 9.75. The molecule has 178 valence electrons. The Labute approximate surface area is 196 Å². The molecule has 0 fully saturated rings. The molecule has 3 rings (SSSR count). The summed E-state index contributed by atoms with van der Waals surface area (Å²) < 4.78 is 0. The highest BCUT2D eigenvalue weighted by molar-refractivity contribution is 6.05. The lowest BCUT2D eigenvalue weighted by Gasteiger charge is -2.28. The molecule has 1 aromatic heterocycles. The van der Waals surface area contributed by atoms with E-state index in [1.807, 2.05) is 44.2 Å². The first kappa shape index (κ1) is 24.7. The average molecular weight is 452 g/mol. The molecule has 0 aliphatic heterocycles. The fourth-order valence-electron chi connectivity index (χ4n) is 4.75. The monoisotopic (exact) mass is 451 g/mol. The maximum atomic E-state index is 13.2. The third-order valence-corrected chi connectivity index (χ3v) is 6.52. The van der Waals surface area contributed by atoms with Gasteiger partial charge in [0.1, 0.15) is 11.7 Å². The third kappa shape index (κ3) is 5.73. The van der Waals surface area contributed by atoms with Gasteiger partial charge in [-0.25, -0.2) is 0 Å². The van der Waals surface area contributed by atoms with Gasteiger partial charge in [0.25, 0.3) is 5.91 Å². The summed E-state index contributed by atoms with van der Waals surface area (Å²) in [4.78, 5) is 42.3. The van der Waals surface area contributed by atoms with Crippen LogP contribution in [0.4, 0.5) is 0 Å². The molecule has 1 aromatic carbocycles. The fraction of sp³-hybridized carbons (Fsp3) is 0.519. The number of rotatable bonds is 9. The zero-order chi connectivity index (χ0) is 24.2. The summed E-state index contributed by atoms with van der Waals surface area (Å²) in [5.74, 6) is -0.446. The summed E-state index contributed by atoms with van der Waals surface area (Å²) in [5, 5.41) is 6.05. The third-order valence-electron chi connectivity index (χ3n) is 6.52. The molecular formula is C27H37N3O3. The van der Waals surface area contributed by atoms with E-state index < -0.39 is 6.04 Å². The molecule has 2 atom stereocenters. The summed E-state index contributed by atoms with van der Waals surface area (Å²) in [6.07, 6.45) is 4.26. The molecule has 3 N–H and O–H groups in total. The van der Waals surface area contributed by atoms with Crippen molar-refractivity contribution in [2.24, 2.45) is 5.41 Å². The van der Waals surface area contributed by atoms with Gasteiger partial charge in [0, 0.05) is 17.7 Å². The SMILES string of the molecule is CCCC[C@H](NC(=O)c1[nH]c2c(c1C)C(=O)CC(C)(C)C2)C(=O)N[C@@H](CC)c1ccccc1.